The molecule has 0 spiro atoms. The van der Waals surface area contributed by atoms with Gasteiger partial charge in [0.2, 0.25) is 5.90 Å². The molecule has 1 aliphatic rings. The zero-order valence-corrected chi connectivity index (χ0v) is 24.3. The van der Waals surface area contributed by atoms with Crippen molar-refractivity contribution in [3.05, 3.63) is 94.2 Å². The van der Waals surface area contributed by atoms with Crippen molar-refractivity contribution < 1.29 is 19.0 Å². The summed E-state index contributed by atoms with van der Waals surface area (Å²) in [5.41, 5.74) is 3.93. The summed E-state index contributed by atoms with van der Waals surface area (Å²) in [6.07, 6.45) is 1.71. The van der Waals surface area contributed by atoms with Gasteiger partial charge in [-0.25, -0.2) is 9.79 Å². The van der Waals surface area contributed by atoms with E-state index in [1.54, 1.807) is 6.08 Å². The van der Waals surface area contributed by atoms with Crippen LogP contribution in [0.5, 0.6) is 11.5 Å². The third kappa shape index (κ3) is 5.83. The second kappa shape index (κ2) is 11.2. The predicted molar refractivity (Wildman–Crippen MR) is 153 cm³/mol. The molecule has 0 atom stereocenters. The minimum absolute atomic E-state index is 0.242. The Bertz CT molecular complexity index is 1320. The molecule has 5 nitrogen and oxygen atoms in total. The van der Waals surface area contributed by atoms with Gasteiger partial charge in [0, 0.05) is 19.2 Å². The lowest BCUT2D eigenvalue weighted by Crippen LogP contribution is -2.06. The van der Waals surface area contributed by atoms with E-state index in [4.69, 9.17) is 14.2 Å². The fourth-order valence-electron chi connectivity index (χ4n) is 3.31. The van der Waals surface area contributed by atoms with Gasteiger partial charge in [0.1, 0.15) is 6.61 Å². The van der Waals surface area contributed by atoms with Crippen LogP contribution in [0.3, 0.4) is 0 Å². The van der Waals surface area contributed by atoms with Gasteiger partial charge >= 0.3 is 5.97 Å². The van der Waals surface area contributed by atoms with Crippen LogP contribution < -0.4 is 9.47 Å². The average Bonchev–Trinajstić information content (AvgIpc) is 3.16. The highest BCUT2D eigenvalue weighted by molar-refractivity contribution is 14.1. The van der Waals surface area contributed by atoms with Gasteiger partial charge in [0.25, 0.3) is 0 Å². The minimum atomic E-state index is -0.478. The van der Waals surface area contributed by atoms with Crippen LogP contribution in [0.1, 0.15) is 29.2 Å². The normalized spacial score (nSPS) is 14.2. The molecule has 0 radical (unpaired) electrons. The van der Waals surface area contributed by atoms with Crippen LogP contribution >= 0.6 is 61.1 Å². The van der Waals surface area contributed by atoms with Crippen molar-refractivity contribution in [3.8, 4) is 11.5 Å². The van der Waals surface area contributed by atoms with Crippen LogP contribution in [-0.2, 0) is 16.1 Å². The minimum Gasteiger partial charge on any atom is -0.490 e. The Balaban J connectivity index is 1.62. The Morgan fingerprint density at radius 2 is 1.85 bits per heavy atom. The Hall–Kier alpha value is -1.92. The fourth-order valence-corrected chi connectivity index (χ4v) is 4.82. The topological polar surface area (TPSA) is 57.1 Å². The van der Waals surface area contributed by atoms with Gasteiger partial charge in [-0.15, -0.1) is 0 Å². The number of hydrogen-bond acceptors (Lipinski definition) is 5. The van der Waals surface area contributed by atoms with E-state index in [1.807, 2.05) is 68.4 Å². The van der Waals surface area contributed by atoms with Crippen molar-refractivity contribution in [2.45, 2.75) is 20.5 Å². The molecule has 0 fully saturated rings. The van der Waals surface area contributed by atoms with Crippen LogP contribution in [-0.4, -0.2) is 18.5 Å². The molecule has 0 saturated heterocycles. The lowest BCUT2D eigenvalue weighted by molar-refractivity contribution is -0.129. The molecule has 0 aliphatic carbocycles. The Kier molecular flexibility index (Phi) is 8.30. The molecule has 34 heavy (non-hydrogen) atoms. The molecule has 174 valence electrons. The van der Waals surface area contributed by atoms with Gasteiger partial charge in [-0.3, -0.25) is 0 Å². The average molecular weight is 744 g/mol. The maximum atomic E-state index is 12.5. The molecular weight excluding hydrogens is 724 g/mol. The number of esters is 1. The maximum absolute atomic E-state index is 12.5. The molecule has 1 heterocycles. The van der Waals surface area contributed by atoms with Crippen LogP contribution in [0.2, 0.25) is 0 Å². The first-order chi connectivity index (χ1) is 16.4. The van der Waals surface area contributed by atoms with E-state index in [9.17, 15) is 4.79 Å². The van der Waals surface area contributed by atoms with Crippen LogP contribution in [0.25, 0.3) is 6.08 Å². The first-order valence-corrected chi connectivity index (χ1v) is 13.4. The smallest absolute Gasteiger partial charge is 0.363 e. The zero-order valence-electron chi connectivity index (χ0n) is 18.4. The predicted octanol–water partition coefficient (Wildman–Crippen LogP) is 7.29. The summed E-state index contributed by atoms with van der Waals surface area (Å²) >= 11 is 8.04. The number of benzene rings is 3. The number of carbonyl (C=O) groups excluding carboxylic acids is 1. The first kappa shape index (κ1) is 25.2. The lowest BCUT2D eigenvalue weighted by atomic mass is 10.1. The van der Waals surface area contributed by atoms with E-state index in [1.165, 1.54) is 0 Å². The van der Waals surface area contributed by atoms with E-state index in [-0.39, 0.29) is 5.70 Å². The summed E-state index contributed by atoms with van der Waals surface area (Å²) in [4.78, 5) is 16.9. The molecule has 3 aromatic carbocycles. The number of hydrogen-bond donors (Lipinski definition) is 0. The van der Waals surface area contributed by atoms with E-state index in [2.05, 4.69) is 66.1 Å². The van der Waals surface area contributed by atoms with Crippen molar-refractivity contribution in [3.63, 3.8) is 0 Å². The van der Waals surface area contributed by atoms with E-state index in [0.29, 0.717) is 30.6 Å². The quantitative estimate of drug-likeness (QED) is 0.145. The van der Waals surface area contributed by atoms with Crippen LogP contribution in [0, 0.1) is 14.1 Å². The van der Waals surface area contributed by atoms with Crippen LogP contribution in [0.4, 0.5) is 0 Å². The molecule has 0 saturated carbocycles. The second-order valence-electron chi connectivity index (χ2n) is 7.44. The highest BCUT2D eigenvalue weighted by Crippen LogP contribution is 2.36. The van der Waals surface area contributed by atoms with Gasteiger partial charge in [-0.1, -0.05) is 34.1 Å². The standard InChI is InChI=1S/C26H20BrI2NO4/c1-3-32-23-13-16(11-21(29)24(23)33-14-18-6-4-5-7-19(18)27)12-22-26(31)34-25(30-22)17-8-9-20(28)15(2)10-17/h4-13H,3,14H2,1-2H3/b22-12-. The number of nitrogens with zero attached hydrogens (tertiary/aromatic N) is 1. The van der Waals surface area contributed by atoms with Gasteiger partial charge in [-0.05, 0) is 113 Å². The molecule has 1 aliphatic heterocycles. The number of rotatable bonds is 7. The van der Waals surface area contributed by atoms with Crippen LogP contribution in [0.15, 0.2) is 69.8 Å². The van der Waals surface area contributed by atoms with Crippen molar-refractivity contribution in [2.24, 2.45) is 4.99 Å². The number of ether oxygens (including phenoxy) is 3. The zero-order chi connectivity index (χ0) is 24.2. The number of halogens is 3. The maximum Gasteiger partial charge on any atom is 0.363 e. The molecule has 4 rings (SSSR count). The van der Waals surface area contributed by atoms with Crippen molar-refractivity contribution >= 4 is 79.1 Å². The Morgan fingerprint density at radius 3 is 2.59 bits per heavy atom. The summed E-state index contributed by atoms with van der Waals surface area (Å²) in [5.74, 6) is 1.10. The molecule has 0 amide bonds. The molecule has 8 heteroatoms. The molecule has 3 aromatic rings. The Morgan fingerprint density at radius 1 is 1.06 bits per heavy atom. The summed E-state index contributed by atoms with van der Waals surface area (Å²) in [6.45, 7) is 4.81. The molecule has 0 bridgehead atoms. The highest BCUT2D eigenvalue weighted by Gasteiger charge is 2.25. The van der Waals surface area contributed by atoms with Crippen molar-refractivity contribution in [1.29, 1.82) is 0 Å². The van der Waals surface area contributed by atoms with Crippen molar-refractivity contribution in [2.75, 3.05) is 6.61 Å². The monoisotopic (exact) mass is 743 g/mol. The lowest BCUT2D eigenvalue weighted by Gasteiger charge is -2.15. The highest BCUT2D eigenvalue weighted by atomic mass is 127. The SMILES string of the molecule is CCOc1cc(/C=C2\N=C(c3ccc(I)c(C)c3)OC2=O)cc(I)c1OCc1ccccc1Br. The van der Waals surface area contributed by atoms with E-state index in [0.717, 1.165) is 33.9 Å². The summed E-state index contributed by atoms with van der Waals surface area (Å²) in [7, 11) is 0. The largest absolute Gasteiger partial charge is 0.490 e. The Labute approximate surface area is 234 Å². The van der Waals surface area contributed by atoms with Gasteiger partial charge in [0.15, 0.2) is 17.2 Å². The van der Waals surface area contributed by atoms with Gasteiger partial charge in [0.05, 0.1) is 10.2 Å². The van der Waals surface area contributed by atoms with Gasteiger partial charge < -0.3 is 14.2 Å². The summed E-state index contributed by atoms with van der Waals surface area (Å²) in [5, 5.41) is 0. The number of carbonyl (C=O) groups is 1. The second-order valence-corrected chi connectivity index (χ2v) is 10.6. The summed E-state index contributed by atoms with van der Waals surface area (Å²) < 4.78 is 20.4. The fraction of sp³-hybridized carbons (Fsp3) is 0.154. The van der Waals surface area contributed by atoms with E-state index >= 15 is 0 Å². The summed E-state index contributed by atoms with van der Waals surface area (Å²) in [6, 6.07) is 17.5. The van der Waals surface area contributed by atoms with E-state index < -0.39 is 5.97 Å². The first-order valence-electron chi connectivity index (χ1n) is 10.5. The van der Waals surface area contributed by atoms with Crippen molar-refractivity contribution in [1.82, 2.24) is 0 Å². The molecule has 0 unspecified atom stereocenters. The number of aryl methyl sites for hydroxylation is 1. The number of cyclic esters (lactones) is 1. The third-order valence-corrected chi connectivity index (χ3v) is 7.78. The molecule has 0 aromatic heterocycles. The number of aliphatic imine (C=N–C) groups is 1. The third-order valence-electron chi connectivity index (χ3n) is 4.99. The molecular formula is C26H20BrI2NO4. The molecule has 0 N–H and O–H groups in total. The van der Waals surface area contributed by atoms with Gasteiger partial charge in [-0.2, -0.15) is 0 Å².